The average Bonchev–Trinajstić information content (AvgIpc) is 3.53. The van der Waals surface area contributed by atoms with Gasteiger partial charge in [0.1, 0.15) is 5.82 Å². The maximum atomic E-state index is 14.0. The molecule has 4 aromatic rings. The molecule has 224 valence electrons. The molecule has 43 heavy (non-hydrogen) atoms. The monoisotopic (exact) mass is 581 g/mol. The van der Waals surface area contributed by atoms with Crippen LogP contribution in [0.3, 0.4) is 0 Å². The predicted molar refractivity (Wildman–Crippen MR) is 167 cm³/mol. The van der Waals surface area contributed by atoms with Crippen LogP contribution in [0.4, 0.5) is 10.1 Å². The molecule has 0 saturated carbocycles. The summed E-state index contributed by atoms with van der Waals surface area (Å²) in [5.74, 6) is -0.434. The number of benzene rings is 3. The zero-order valence-electron chi connectivity index (χ0n) is 24.9. The first-order valence-electron chi connectivity index (χ1n) is 15.1. The number of para-hydroxylation sites is 1. The van der Waals surface area contributed by atoms with Crippen molar-refractivity contribution in [1.82, 2.24) is 19.4 Å². The van der Waals surface area contributed by atoms with E-state index < -0.39 is 0 Å². The van der Waals surface area contributed by atoms with Gasteiger partial charge in [-0.3, -0.25) is 14.5 Å². The molecule has 7 nitrogen and oxygen atoms in total. The van der Waals surface area contributed by atoms with Gasteiger partial charge in [-0.2, -0.15) is 0 Å². The Morgan fingerprint density at radius 3 is 2.40 bits per heavy atom. The van der Waals surface area contributed by atoms with E-state index in [4.69, 9.17) is 0 Å². The van der Waals surface area contributed by atoms with Gasteiger partial charge in [0.25, 0.3) is 5.91 Å². The van der Waals surface area contributed by atoms with E-state index in [1.807, 2.05) is 51.8 Å². The second-order valence-corrected chi connectivity index (χ2v) is 11.2. The summed E-state index contributed by atoms with van der Waals surface area (Å²) in [5, 5.41) is 0. The number of anilines is 1. The predicted octanol–water partition coefficient (Wildman–Crippen LogP) is 6.08. The Morgan fingerprint density at radius 2 is 1.65 bits per heavy atom. The first-order valence-corrected chi connectivity index (χ1v) is 15.1. The molecule has 0 unspecified atom stereocenters. The number of imidazole rings is 1. The van der Waals surface area contributed by atoms with Crippen LogP contribution in [0, 0.1) is 12.7 Å². The van der Waals surface area contributed by atoms with Crippen molar-refractivity contribution >= 4 is 17.5 Å². The molecule has 1 aliphatic rings. The number of aromatic nitrogens is 2. The van der Waals surface area contributed by atoms with E-state index in [0.717, 1.165) is 62.3 Å². The quantitative estimate of drug-likeness (QED) is 0.265. The van der Waals surface area contributed by atoms with Crippen LogP contribution >= 0.6 is 0 Å². The molecule has 8 heteroatoms. The van der Waals surface area contributed by atoms with Gasteiger partial charge in [-0.05, 0) is 67.1 Å². The van der Waals surface area contributed by atoms with Crippen molar-refractivity contribution in [1.29, 1.82) is 0 Å². The number of halogens is 1. The highest BCUT2D eigenvalue weighted by Gasteiger charge is 2.25. The summed E-state index contributed by atoms with van der Waals surface area (Å²) >= 11 is 0. The smallest absolute Gasteiger partial charge is 0.258 e. The van der Waals surface area contributed by atoms with E-state index in [1.165, 1.54) is 17.7 Å². The van der Waals surface area contributed by atoms with Crippen molar-refractivity contribution in [3.8, 4) is 0 Å². The molecule has 2 heterocycles. The minimum atomic E-state index is -0.374. The van der Waals surface area contributed by atoms with E-state index in [-0.39, 0.29) is 17.6 Å². The van der Waals surface area contributed by atoms with Crippen LogP contribution in [0.25, 0.3) is 0 Å². The van der Waals surface area contributed by atoms with Gasteiger partial charge >= 0.3 is 0 Å². The number of nitrogens with zero attached hydrogens (tertiary/aromatic N) is 5. The third-order valence-electron chi connectivity index (χ3n) is 8.02. The van der Waals surface area contributed by atoms with Gasteiger partial charge in [-0.15, -0.1) is 0 Å². The maximum absolute atomic E-state index is 14.0. The summed E-state index contributed by atoms with van der Waals surface area (Å²) in [7, 11) is 0. The van der Waals surface area contributed by atoms with Crippen molar-refractivity contribution in [3.63, 3.8) is 0 Å². The van der Waals surface area contributed by atoms with Crippen molar-refractivity contribution in [2.24, 2.45) is 0 Å². The SMILES string of the molecule is Cc1cccc2c1N(C(=O)c1ccc(F)cc1)CCCN(Cc1ccccc1)CCCN(C(=O)CCCn1ccnc1)C2. The molecule has 0 N–H and O–H groups in total. The molecule has 0 fully saturated rings. The molecule has 0 spiro atoms. The van der Waals surface area contributed by atoms with Crippen molar-refractivity contribution in [2.45, 2.75) is 52.2 Å². The van der Waals surface area contributed by atoms with Crippen molar-refractivity contribution in [2.75, 3.05) is 31.1 Å². The number of fused-ring (bicyclic) bond motifs is 1. The lowest BCUT2D eigenvalue weighted by atomic mass is 10.0. The number of carbonyl (C=O) groups is 2. The van der Waals surface area contributed by atoms with Gasteiger partial charge in [0.2, 0.25) is 5.91 Å². The highest BCUT2D eigenvalue weighted by atomic mass is 19.1. The van der Waals surface area contributed by atoms with Gasteiger partial charge in [0.05, 0.1) is 12.0 Å². The Labute approximate surface area is 253 Å². The number of aryl methyl sites for hydroxylation is 2. The lowest BCUT2D eigenvalue weighted by molar-refractivity contribution is -0.132. The molecule has 0 bridgehead atoms. The van der Waals surface area contributed by atoms with Crippen LogP contribution in [-0.4, -0.2) is 57.3 Å². The van der Waals surface area contributed by atoms with Crippen LogP contribution in [-0.2, 0) is 24.4 Å². The zero-order chi connectivity index (χ0) is 30.0. The Hall–Kier alpha value is -4.30. The number of amides is 2. The second kappa shape index (κ2) is 14.7. The fraction of sp³-hybridized carbons (Fsp3) is 0.343. The minimum absolute atomic E-state index is 0.107. The maximum Gasteiger partial charge on any atom is 0.258 e. The molecule has 1 aromatic heterocycles. The summed E-state index contributed by atoms with van der Waals surface area (Å²) in [4.78, 5) is 37.9. The fourth-order valence-electron chi connectivity index (χ4n) is 5.83. The summed E-state index contributed by atoms with van der Waals surface area (Å²) in [5.41, 5.74) is 4.43. The van der Waals surface area contributed by atoms with E-state index in [9.17, 15) is 14.0 Å². The van der Waals surface area contributed by atoms with Gasteiger partial charge < -0.3 is 14.4 Å². The topological polar surface area (TPSA) is 61.7 Å². The lowest BCUT2D eigenvalue weighted by Crippen LogP contribution is -2.39. The van der Waals surface area contributed by atoms with Crippen molar-refractivity contribution < 1.29 is 14.0 Å². The summed E-state index contributed by atoms with van der Waals surface area (Å²) < 4.78 is 15.7. The van der Waals surface area contributed by atoms with Gasteiger partial charge in [0.15, 0.2) is 0 Å². The van der Waals surface area contributed by atoms with Crippen LogP contribution < -0.4 is 4.90 Å². The van der Waals surface area contributed by atoms with Crippen LogP contribution in [0.1, 0.15) is 52.7 Å². The minimum Gasteiger partial charge on any atom is -0.338 e. The molecule has 0 atom stereocenters. The first-order chi connectivity index (χ1) is 21.0. The summed E-state index contributed by atoms with van der Waals surface area (Å²) in [6.45, 7) is 6.78. The van der Waals surface area contributed by atoms with E-state index >= 15 is 0 Å². The lowest BCUT2D eigenvalue weighted by Gasteiger charge is -2.33. The average molecular weight is 582 g/mol. The van der Waals surface area contributed by atoms with E-state index in [1.54, 1.807) is 24.7 Å². The Morgan fingerprint density at radius 1 is 0.884 bits per heavy atom. The summed E-state index contributed by atoms with van der Waals surface area (Å²) in [6, 6.07) is 22.2. The van der Waals surface area contributed by atoms with Crippen LogP contribution in [0.2, 0.25) is 0 Å². The zero-order valence-corrected chi connectivity index (χ0v) is 24.9. The number of carbonyl (C=O) groups excluding carboxylic acids is 2. The summed E-state index contributed by atoms with van der Waals surface area (Å²) in [6.07, 6.45) is 8.23. The molecule has 1 aliphatic heterocycles. The fourth-order valence-corrected chi connectivity index (χ4v) is 5.83. The van der Waals surface area contributed by atoms with Crippen molar-refractivity contribution in [3.05, 3.63) is 120 Å². The number of hydrogen-bond acceptors (Lipinski definition) is 4. The van der Waals surface area contributed by atoms with Crippen LogP contribution in [0.5, 0.6) is 0 Å². The normalized spacial score (nSPS) is 14.9. The molecule has 0 radical (unpaired) electrons. The molecule has 5 rings (SSSR count). The number of rotatable bonds is 7. The number of hydrogen-bond donors (Lipinski definition) is 0. The van der Waals surface area contributed by atoms with Gasteiger partial charge in [0, 0.05) is 70.2 Å². The second-order valence-electron chi connectivity index (χ2n) is 11.2. The third kappa shape index (κ3) is 8.17. The molecule has 3 aromatic carbocycles. The van der Waals surface area contributed by atoms with Crippen LogP contribution in [0.15, 0.2) is 91.5 Å². The van der Waals surface area contributed by atoms with E-state index in [0.29, 0.717) is 31.6 Å². The van der Waals surface area contributed by atoms with Gasteiger partial charge in [-0.1, -0.05) is 48.5 Å². The Balaban J connectivity index is 1.44. The molecule has 0 saturated heterocycles. The third-order valence-corrected chi connectivity index (χ3v) is 8.02. The molecular formula is C35H40FN5O2. The first kappa shape index (κ1) is 30.2. The largest absolute Gasteiger partial charge is 0.338 e. The highest BCUT2D eigenvalue weighted by molar-refractivity contribution is 6.07. The molecule has 0 aliphatic carbocycles. The standard InChI is InChI=1S/C35H40FN5O2/c1-28-9-5-12-31-26-40(33(42)13-6-19-39-24-18-37-27-39)22-7-20-38(25-29-10-3-2-4-11-29)21-8-23-41(34(28)31)35(43)30-14-16-32(36)17-15-30/h2-5,9-12,14-18,24,27H,6-8,13,19-23,25-26H2,1H3. The Bertz CT molecular complexity index is 1470. The highest BCUT2D eigenvalue weighted by Crippen LogP contribution is 2.29. The molecular weight excluding hydrogens is 541 g/mol. The van der Waals surface area contributed by atoms with Gasteiger partial charge in [-0.25, -0.2) is 9.37 Å². The Kier molecular flexibility index (Phi) is 10.3. The van der Waals surface area contributed by atoms with E-state index in [2.05, 4.69) is 34.1 Å². The molecule has 2 amide bonds.